The number of halogens is 1. The molecule has 0 bridgehead atoms. The third kappa shape index (κ3) is 2.36. The van der Waals surface area contributed by atoms with Crippen molar-refractivity contribution in [2.45, 2.75) is 32.1 Å². The van der Waals surface area contributed by atoms with Crippen LogP contribution in [0.15, 0.2) is 12.3 Å². The van der Waals surface area contributed by atoms with Crippen molar-refractivity contribution < 1.29 is 9.53 Å². The summed E-state index contributed by atoms with van der Waals surface area (Å²) in [7, 11) is 1.50. The molecule has 4 nitrogen and oxygen atoms in total. The van der Waals surface area contributed by atoms with Gasteiger partial charge in [-0.05, 0) is 18.9 Å². The minimum Gasteiger partial charge on any atom is -0.481 e. The molecule has 94 valence electrons. The number of nitrogens with two attached hydrogens (primary N) is 1. The fourth-order valence-corrected chi connectivity index (χ4v) is 2.07. The van der Waals surface area contributed by atoms with E-state index in [4.69, 9.17) is 22.1 Å². The van der Waals surface area contributed by atoms with Crippen LogP contribution in [-0.4, -0.2) is 18.0 Å². The van der Waals surface area contributed by atoms with Gasteiger partial charge in [-0.25, -0.2) is 4.98 Å². The highest BCUT2D eigenvalue weighted by Gasteiger charge is 2.53. The fraction of sp³-hybridized carbons (Fsp3) is 0.500. The first-order chi connectivity index (χ1) is 8.12. The summed E-state index contributed by atoms with van der Waals surface area (Å²) >= 11 is 6.05. The number of aromatic nitrogens is 1. The number of amides is 1. The van der Waals surface area contributed by atoms with Crippen molar-refractivity contribution in [1.29, 1.82) is 0 Å². The minimum absolute atomic E-state index is 0.365. The average molecular weight is 257 g/mol. The third-order valence-electron chi connectivity index (χ3n) is 2.76. The lowest BCUT2D eigenvalue weighted by molar-refractivity contribution is -0.120. The van der Waals surface area contributed by atoms with E-state index in [1.54, 1.807) is 12.3 Å². The largest absolute Gasteiger partial charge is 0.481 e. The Hall–Kier alpha value is -1.29. The molecule has 1 amide bonds. The minimum atomic E-state index is -0.656. The van der Waals surface area contributed by atoms with Crippen molar-refractivity contribution >= 4 is 17.5 Å². The molecule has 1 aliphatic carbocycles. The molecule has 1 heterocycles. The van der Waals surface area contributed by atoms with Crippen LogP contribution in [0.25, 0.3) is 0 Å². The van der Waals surface area contributed by atoms with E-state index < -0.39 is 5.41 Å². The molecule has 17 heavy (non-hydrogen) atoms. The Kier molecular flexibility index (Phi) is 4.34. The number of methoxy groups -OCH3 is 1. The molecule has 0 aromatic carbocycles. The van der Waals surface area contributed by atoms with Crippen LogP contribution in [0.5, 0.6) is 5.88 Å². The number of carbonyl (C=O) groups excluding carboxylic acids is 1. The highest BCUT2D eigenvalue weighted by Crippen LogP contribution is 2.52. The Bertz CT molecular complexity index is 417. The van der Waals surface area contributed by atoms with Gasteiger partial charge in [0.25, 0.3) is 0 Å². The summed E-state index contributed by atoms with van der Waals surface area (Å²) in [5.74, 6) is 0.0227. The number of pyridine rings is 1. The molecular weight excluding hydrogens is 240 g/mol. The molecule has 0 aliphatic heterocycles. The zero-order chi connectivity index (χ0) is 13.1. The van der Waals surface area contributed by atoms with Crippen LogP contribution in [0.2, 0.25) is 5.02 Å². The van der Waals surface area contributed by atoms with Gasteiger partial charge in [-0.3, -0.25) is 4.79 Å². The van der Waals surface area contributed by atoms with Crippen LogP contribution in [0.4, 0.5) is 0 Å². The van der Waals surface area contributed by atoms with Gasteiger partial charge in [0.2, 0.25) is 11.8 Å². The van der Waals surface area contributed by atoms with Gasteiger partial charge in [0.1, 0.15) is 0 Å². The molecule has 0 saturated heterocycles. The second kappa shape index (κ2) is 5.36. The van der Waals surface area contributed by atoms with Gasteiger partial charge in [-0.2, -0.15) is 0 Å². The zero-order valence-corrected chi connectivity index (χ0v) is 11.0. The molecule has 0 radical (unpaired) electrons. The van der Waals surface area contributed by atoms with Gasteiger partial charge < -0.3 is 10.5 Å². The first kappa shape index (κ1) is 13.8. The van der Waals surface area contributed by atoms with Crippen molar-refractivity contribution in [3.8, 4) is 5.88 Å². The highest BCUT2D eigenvalue weighted by atomic mass is 35.5. The molecular formula is C12H17ClN2O2. The number of rotatable bonds is 3. The Labute approximate surface area is 106 Å². The fourth-order valence-electron chi connectivity index (χ4n) is 1.75. The van der Waals surface area contributed by atoms with E-state index in [2.05, 4.69) is 4.98 Å². The van der Waals surface area contributed by atoms with Crippen molar-refractivity contribution in [3.63, 3.8) is 0 Å². The summed E-state index contributed by atoms with van der Waals surface area (Å²) in [6, 6.07) is 1.64. The molecule has 5 heteroatoms. The Morgan fingerprint density at radius 2 is 2.12 bits per heavy atom. The summed E-state index contributed by atoms with van der Waals surface area (Å²) in [5, 5.41) is 0.484. The topological polar surface area (TPSA) is 65.2 Å². The first-order valence-corrected chi connectivity index (χ1v) is 5.98. The van der Waals surface area contributed by atoms with Crippen LogP contribution < -0.4 is 10.5 Å². The van der Waals surface area contributed by atoms with Crippen molar-refractivity contribution in [2.75, 3.05) is 7.11 Å². The van der Waals surface area contributed by atoms with Gasteiger partial charge in [-0.15, -0.1) is 0 Å². The number of hydrogen-bond donors (Lipinski definition) is 1. The smallest absolute Gasteiger partial charge is 0.228 e. The van der Waals surface area contributed by atoms with E-state index in [1.807, 2.05) is 13.8 Å². The molecule has 1 aromatic rings. The van der Waals surface area contributed by atoms with E-state index >= 15 is 0 Å². The van der Waals surface area contributed by atoms with Crippen LogP contribution in [-0.2, 0) is 10.2 Å². The molecule has 0 spiro atoms. The Morgan fingerprint density at radius 1 is 1.53 bits per heavy atom. The summed E-state index contributed by atoms with van der Waals surface area (Å²) in [5.41, 5.74) is 5.35. The van der Waals surface area contributed by atoms with Crippen LogP contribution in [0.3, 0.4) is 0 Å². The SMILES string of the molecule is CC.COc1nccc(Cl)c1C1(C(N)=O)CC1. The van der Waals surface area contributed by atoms with Gasteiger partial charge in [-0.1, -0.05) is 25.4 Å². The molecule has 1 aliphatic rings. The predicted octanol–water partition coefficient (Wildman–Crippen LogP) is 2.29. The maximum Gasteiger partial charge on any atom is 0.228 e. The molecule has 0 unspecified atom stereocenters. The van der Waals surface area contributed by atoms with E-state index in [0.29, 0.717) is 29.3 Å². The third-order valence-corrected chi connectivity index (χ3v) is 3.07. The van der Waals surface area contributed by atoms with E-state index in [-0.39, 0.29) is 5.91 Å². The number of nitrogens with zero attached hydrogens (tertiary/aromatic N) is 1. The Balaban J connectivity index is 0.000000686. The number of hydrogen-bond acceptors (Lipinski definition) is 3. The normalized spacial score (nSPS) is 15.5. The van der Waals surface area contributed by atoms with Gasteiger partial charge in [0, 0.05) is 11.8 Å². The zero-order valence-electron chi connectivity index (χ0n) is 10.3. The summed E-state index contributed by atoms with van der Waals surface area (Å²) in [6.07, 6.45) is 2.97. The lowest BCUT2D eigenvalue weighted by Crippen LogP contribution is -2.29. The number of primary amides is 1. The lowest BCUT2D eigenvalue weighted by Gasteiger charge is -2.15. The van der Waals surface area contributed by atoms with E-state index in [0.717, 1.165) is 0 Å². The summed E-state index contributed by atoms with van der Waals surface area (Å²) in [6.45, 7) is 4.00. The maximum atomic E-state index is 11.4. The predicted molar refractivity (Wildman–Crippen MR) is 67.3 cm³/mol. The second-order valence-corrected chi connectivity index (χ2v) is 4.03. The van der Waals surface area contributed by atoms with Gasteiger partial charge in [0.15, 0.2) is 0 Å². The number of ether oxygens (including phenoxy) is 1. The summed E-state index contributed by atoms with van der Waals surface area (Å²) in [4.78, 5) is 15.4. The Morgan fingerprint density at radius 3 is 2.53 bits per heavy atom. The molecule has 0 atom stereocenters. The first-order valence-electron chi connectivity index (χ1n) is 5.61. The average Bonchev–Trinajstić information content (AvgIpc) is 3.12. The molecule has 2 rings (SSSR count). The van der Waals surface area contributed by atoms with E-state index in [1.165, 1.54) is 7.11 Å². The lowest BCUT2D eigenvalue weighted by atomic mass is 9.96. The van der Waals surface area contributed by atoms with Gasteiger partial charge >= 0.3 is 0 Å². The second-order valence-electron chi connectivity index (χ2n) is 3.62. The number of carbonyl (C=O) groups is 1. The van der Waals surface area contributed by atoms with Crippen molar-refractivity contribution in [3.05, 3.63) is 22.8 Å². The highest BCUT2D eigenvalue weighted by molar-refractivity contribution is 6.32. The van der Waals surface area contributed by atoms with Crippen molar-refractivity contribution in [1.82, 2.24) is 4.98 Å². The van der Waals surface area contributed by atoms with Crippen LogP contribution in [0.1, 0.15) is 32.3 Å². The van der Waals surface area contributed by atoms with Gasteiger partial charge in [0.05, 0.1) is 17.5 Å². The van der Waals surface area contributed by atoms with Crippen LogP contribution >= 0.6 is 11.6 Å². The standard InChI is InChI=1S/C10H11ClN2O2.C2H6/c1-15-8-7(6(11)2-5-13-8)10(3-4-10)9(12)14;1-2/h2,5H,3-4H2,1H3,(H2,12,14);1-2H3. The maximum absolute atomic E-state index is 11.4. The molecule has 1 aromatic heterocycles. The molecule has 1 saturated carbocycles. The van der Waals surface area contributed by atoms with Crippen molar-refractivity contribution in [2.24, 2.45) is 5.73 Å². The molecule has 2 N–H and O–H groups in total. The van der Waals surface area contributed by atoms with Crippen LogP contribution in [0, 0.1) is 0 Å². The molecule has 1 fully saturated rings. The quantitative estimate of drug-likeness (QED) is 0.902. The summed E-state index contributed by atoms with van der Waals surface area (Å²) < 4.78 is 5.10. The monoisotopic (exact) mass is 256 g/mol. The van der Waals surface area contributed by atoms with E-state index in [9.17, 15) is 4.79 Å².